The van der Waals surface area contributed by atoms with Crippen molar-refractivity contribution in [3.05, 3.63) is 23.6 Å². The summed E-state index contributed by atoms with van der Waals surface area (Å²) in [4.78, 5) is 4.12. The third kappa shape index (κ3) is 2.87. The van der Waals surface area contributed by atoms with Crippen molar-refractivity contribution in [3.8, 4) is 5.88 Å². The molecule has 1 saturated carbocycles. The third-order valence-corrected chi connectivity index (χ3v) is 3.92. The van der Waals surface area contributed by atoms with Crippen molar-refractivity contribution in [1.82, 2.24) is 4.98 Å². The summed E-state index contributed by atoms with van der Waals surface area (Å²) < 4.78 is 24.6. The Hall–Kier alpha value is -1.20. The van der Waals surface area contributed by atoms with Crippen LogP contribution in [0.25, 0.3) is 0 Å². The first kappa shape index (κ1) is 12.8. The van der Waals surface area contributed by atoms with E-state index < -0.39 is 0 Å². The Kier molecular flexibility index (Phi) is 3.66. The van der Waals surface area contributed by atoms with Gasteiger partial charge in [0.1, 0.15) is 11.9 Å². The van der Waals surface area contributed by atoms with Gasteiger partial charge in [0.05, 0.1) is 6.20 Å². The van der Waals surface area contributed by atoms with Crippen molar-refractivity contribution in [3.63, 3.8) is 0 Å². The first-order chi connectivity index (χ1) is 9.22. The summed E-state index contributed by atoms with van der Waals surface area (Å²) in [6.07, 6.45) is 4.85. The van der Waals surface area contributed by atoms with Gasteiger partial charge in [0.2, 0.25) is 5.88 Å². The number of pyridine rings is 1. The Balaban J connectivity index is 1.77. The van der Waals surface area contributed by atoms with E-state index in [2.05, 4.69) is 4.98 Å². The van der Waals surface area contributed by atoms with Gasteiger partial charge in [-0.2, -0.15) is 0 Å². The first-order valence-electron chi connectivity index (χ1n) is 6.88. The molecule has 1 aliphatic carbocycles. The molecule has 1 saturated heterocycles. The predicted molar refractivity (Wildman–Crippen MR) is 68.6 cm³/mol. The number of hydrogen-bond acceptors (Lipinski definition) is 4. The molecular formula is C14H19FN2O2. The van der Waals surface area contributed by atoms with Crippen molar-refractivity contribution in [2.75, 3.05) is 13.2 Å². The highest BCUT2D eigenvalue weighted by Gasteiger charge is 2.30. The molecule has 104 valence electrons. The molecule has 2 aliphatic rings. The summed E-state index contributed by atoms with van der Waals surface area (Å²) >= 11 is 0. The predicted octanol–water partition coefficient (Wildman–Crippen LogP) is 1.98. The Morgan fingerprint density at radius 3 is 2.74 bits per heavy atom. The van der Waals surface area contributed by atoms with E-state index in [1.807, 2.05) is 0 Å². The highest BCUT2D eigenvalue weighted by atomic mass is 19.1. The van der Waals surface area contributed by atoms with Crippen molar-refractivity contribution in [2.24, 2.45) is 5.73 Å². The minimum atomic E-state index is -0.306. The second-order valence-corrected chi connectivity index (χ2v) is 5.41. The number of nitrogens with zero attached hydrogens (tertiary/aromatic N) is 1. The second-order valence-electron chi connectivity index (χ2n) is 5.41. The largest absolute Gasteiger partial charge is 0.474 e. The number of nitrogens with two attached hydrogens (primary N) is 1. The molecule has 0 amide bonds. The summed E-state index contributed by atoms with van der Waals surface area (Å²) in [6, 6.07) is 1.79. The van der Waals surface area contributed by atoms with Gasteiger partial charge in [-0.15, -0.1) is 0 Å². The summed E-state index contributed by atoms with van der Waals surface area (Å²) in [5.41, 5.74) is 6.63. The molecule has 2 N–H and O–H groups in total. The highest BCUT2D eigenvalue weighted by molar-refractivity contribution is 5.30. The highest BCUT2D eigenvalue weighted by Crippen LogP contribution is 2.34. The minimum Gasteiger partial charge on any atom is -0.474 e. The number of aromatic nitrogens is 1. The maximum atomic E-state index is 13.4. The van der Waals surface area contributed by atoms with E-state index in [9.17, 15) is 4.39 Å². The van der Waals surface area contributed by atoms with E-state index in [1.54, 1.807) is 6.07 Å². The van der Waals surface area contributed by atoms with Crippen molar-refractivity contribution < 1.29 is 13.9 Å². The van der Waals surface area contributed by atoms with E-state index in [0.717, 1.165) is 44.5 Å². The normalized spacial score (nSPS) is 27.9. The van der Waals surface area contributed by atoms with Gasteiger partial charge >= 0.3 is 0 Å². The Morgan fingerprint density at radius 1 is 1.32 bits per heavy atom. The Morgan fingerprint density at radius 2 is 2.05 bits per heavy atom. The van der Waals surface area contributed by atoms with E-state index in [4.69, 9.17) is 15.2 Å². The summed E-state index contributed by atoms with van der Waals surface area (Å²) in [7, 11) is 0. The van der Waals surface area contributed by atoms with Gasteiger partial charge in [0.25, 0.3) is 0 Å². The molecule has 0 aromatic carbocycles. The summed E-state index contributed by atoms with van der Waals surface area (Å²) in [5, 5.41) is 0. The third-order valence-electron chi connectivity index (χ3n) is 3.92. The van der Waals surface area contributed by atoms with Crippen molar-refractivity contribution >= 4 is 0 Å². The molecule has 0 radical (unpaired) electrons. The molecular weight excluding hydrogens is 247 g/mol. The molecule has 0 bridgehead atoms. The van der Waals surface area contributed by atoms with Crippen LogP contribution in [-0.2, 0) is 4.74 Å². The van der Waals surface area contributed by atoms with Crippen molar-refractivity contribution in [2.45, 2.75) is 43.7 Å². The van der Waals surface area contributed by atoms with E-state index in [0.29, 0.717) is 5.88 Å². The zero-order valence-electron chi connectivity index (χ0n) is 10.8. The van der Waals surface area contributed by atoms with Crippen LogP contribution < -0.4 is 10.5 Å². The fraction of sp³-hybridized carbons (Fsp3) is 0.643. The second kappa shape index (κ2) is 5.43. The molecule has 1 aliphatic heterocycles. The van der Waals surface area contributed by atoms with Gasteiger partial charge in [-0.05, 0) is 37.7 Å². The van der Waals surface area contributed by atoms with Gasteiger partial charge in [-0.25, -0.2) is 9.37 Å². The minimum absolute atomic E-state index is 0.131. The lowest BCUT2D eigenvalue weighted by atomic mass is 9.89. The number of hydrogen-bond donors (Lipinski definition) is 1. The molecule has 5 heteroatoms. The lowest BCUT2D eigenvalue weighted by Crippen LogP contribution is -2.43. The molecule has 0 unspecified atom stereocenters. The van der Waals surface area contributed by atoms with Crippen LogP contribution in [0.4, 0.5) is 4.39 Å². The summed E-state index contributed by atoms with van der Waals surface area (Å²) in [5.74, 6) is 0.546. The van der Waals surface area contributed by atoms with Crippen LogP contribution in [0.3, 0.4) is 0 Å². The molecule has 4 nitrogen and oxygen atoms in total. The van der Waals surface area contributed by atoms with Gasteiger partial charge in [-0.3, -0.25) is 0 Å². The molecule has 19 heavy (non-hydrogen) atoms. The molecule has 1 aromatic rings. The first-order valence-corrected chi connectivity index (χ1v) is 6.88. The quantitative estimate of drug-likeness (QED) is 0.909. The standard InChI is InChI=1S/C14H19FN2O2/c15-10-5-13(9-1-3-18-4-2-9)14(17-8-10)19-12-6-11(16)7-12/h5,8-9,11-12H,1-4,6-7,16H2/t11-,12-. The number of ether oxygens (including phenoxy) is 2. The molecule has 3 rings (SSSR count). The van der Waals surface area contributed by atoms with Gasteiger partial charge in [0.15, 0.2) is 0 Å². The zero-order valence-corrected chi connectivity index (χ0v) is 10.8. The average molecular weight is 266 g/mol. The number of halogens is 1. The van der Waals surface area contributed by atoms with E-state index >= 15 is 0 Å². The van der Waals surface area contributed by atoms with Crippen molar-refractivity contribution in [1.29, 1.82) is 0 Å². The zero-order chi connectivity index (χ0) is 13.2. The van der Waals surface area contributed by atoms with Crippen LogP contribution in [0.2, 0.25) is 0 Å². The Bertz CT molecular complexity index is 443. The van der Waals surface area contributed by atoms with Crippen LogP contribution in [0.15, 0.2) is 12.3 Å². The van der Waals surface area contributed by atoms with Crippen LogP contribution in [0.5, 0.6) is 5.88 Å². The maximum absolute atomic E-state index is 13.4. The van der Waals surface area contributed by atoms with E-state index in [-0.39, 0.29) is 23.9 Å². The molecule has 0 spiro atoms. The molecule has 2 heterocycles. The topological polar surface area (TPSA) is 57.4 Å². The molecule has 0 atom stereocenters. The van der Waals surface area contributed by atoms with Crippen LogP contribution in [-0.4, -0.2) is 30.3 Å². The monoisotopic (exact) mass is 266 g/mol. The molecule has 2 fully saturated rings. The fourth-order valence-corrected chi connectivity index (χ4v) is 2.70. The smallest absolute Gasteiger partial charge is 0.217 e. The van der Waals surface area contributed by atoms with E-state index in [1.165, 1.54) is 6.20 Å². The van der Waals surface area contributed by atoms with Crippen LogP contribution >= 0.6 is 0 Å². The fourth-order valence-electron chi connectivity index (χ4n) is 2.70. The van der Waals surface area contributed by atoms with Crippen LogP contribution in [0.1, 0.15) is 37.2 Å². The number of rotatable bonds is 3. The lowest BCUT2D eigenvalue weighted by molar-refractivity contribution is 0.0776. The average Bonchev–Trinajstić information content (AvgIpc) is 2.40. The summed E-state index contributed by atoms with van der Waals surface area (Å²) in [6.45, 7) is 1.43. The lowest BCUT2D eigenvalue weighted by Gasteiger charge is -2.33. The maximum Gasteiger partial charge on any atom is 0.217 e. The van der Waals surface area contributed by atoms with Gasteiger partial charge in [0, 0.05) is 24.8 Å². The SMILES string of the molecule is N[C@H]1C[C@H](Oc2ncc(F)cc2C2CCOCC2)C1. The Labute approximate surface area is 112 Å². The molecule has 1 aromatic heterocycles. The van der Waals surface area contributed by atoms with Crippen LogP contribution in [0, 0.1) is 5.82 Å². The van der Waals surface area contributed by atoms with Gasteiger partial charge < -0.3 is 15.2 Å². The van der Waals surface area contributed by atoms with Gasteiger partial charge in [-0.1, -0.05) is 0 Å².